The Morgan fingerprint density at radius 3 is 2.33 bits per heavy atom. The van der Waals surface area contributed by atoms with Crippen molar-refractivity contribution in [2.24, 2.45) is 0 Å². The molecule has 1 aliphatic rings. The third-order valence-electron chi connectivity index (χ3n) is 4.48. The SMILES string of the molecule is O=C(O[C@H]1c2c(C(F)(F)F)nn(CCCC(F)(F)F)c2CC1(F)F)c1ccccc1. The summed E-state index contributed by atoms with van der Waals surface area (Å²) in [6.07, 6.45) is -15.5. The molecule has 0 radical (unpaired) electrons. The Hall–Kier alpha value is -2.66. The van der Waals surface area contributed by atoms with Gasteiger partial charge in [-0.2, -0.15) is 31.4 Å². The standard InChI is InChI=1S/C18H14F8N2O2/c19-16(20)9-11-12(14(16)30-15(29)10-5-2-1-3-6-10)13(18(24,25)26)27-28(11)8-4-7-17(21,22)23/h1-3,5-6,14H,4,7-9H2/t14-/m0/s1. The summed E-state index contributed by atoms with van der Waals surface area (Å²) in [5, 5.41) is 3.22. The van der Waals surface area contributed by atoms with Gasteiger partial charge in [0.15, 0.2) is 11.8 Å². The minimum atomic E-state index is -5.17. The van der Waals surface area contributed by atoms with Crippen LogP contribution in [-0.2, 0) is 23.9 Å². The molecule has 1 aromatic carbocycles. The van der Waals surface area contributed by atoms with Crippen LogP contribution in [0.2, 0.25) is 0 Å². The summed E-state index contributed by atoms with van der Waals surface area (Å²) in [4.78, 5) is 12.2. The monoisotopic (exact) mass is 442 g/mol. The molecule has 2 aromatic rings. The van der Waals surface area contributed by atoms with Gasteiger partial charge in [0.1, 0.15) is 0 Å². The molecule has 0 aliphatic heterocycles. The lowest BCUT2D eigenvalue weighted by Gasteiger charge is -2.21. The number of nitrogens with zero attached hydrogens (tertiary/aromatic N) is 2. The average Bonchev–Trinajstić information content (AvgIpc) is 3.08. The molecule has 1 heterocycles. The maximum Gasteiger partial charge on any atom is 0.435 e. The number of alkyl halides is 8. The smallest absolute Gasteiger partial charge is 0.435 e. The number of halogens is 8. The highest BCUT2D eigenvalue weighted by Gasteiger charge is 2.57. The fourth-order valence-electron chi connectivity index (χ4n) is 3.22. The largest absolute Gasteiger partial charge is 0.447 e. The van der Waals surface area contributed by atoms with Crippen LogP contribution in [0.15, 0.2) is 30.3 Å². The van der Waals surface area contributed by atoms with Crippen molar-refractivity contribution in [2.75, 3.05) is 0 Å². The molecule has 0 bridgehead atoms. The number of aryl methyl sites for hydroxylation is 1. The van der Waals surface area contributed by atoms with Gasteiger partial charge in [-0.15, -0.1) is 0 Å². The van der Waals surface area contributed by atoms with Gasteiger partial charge in [-0.25, -0.2) is 13.6 Å². The van der Waals surface area contributed by atoms with E-state index in [0.717, 1.165) is 0 Å². The zero-order chi connectivity index (χ0) is 22.3. The van der Waals surface area contributed by atoms with Gasteiger partial charge in [0, 0.05) is 13.0 Å². The van der Waals surface area contributed by atoms with Crippen LogP contribution in [0.5, 0.6) is 0 Å². The van der Waals surface area contributed by atoms with Gasteiger partial charge < -0.3 is 4.74 Å². The summed E-state index contributed by atoms with van der Waals surface area (Å²) in [7, 11) is 0. The maximum atomic E-state index is 14.5. The molecule has 30 heavy (non-hydrogen) atoms. The molecule has 12 heteroatoms. The van der Waals surface area contributed by atoms with Crippen LogP contribution in [0.3, 0.4) is 0 Å². The normalized spacial score (nSPS) is 18.3. The zero-order valence-corrected chi connectivity index (χ0v) is 15.0. The minimum absolute atomic E-state index is 0.145. The Morgan fingerprint density at radius 2 is 1.77 bits per heavy atom. The van der Waals surface area contributed by atoms with E-state index in [1.165, 1.54) is 30.3 Å². The Labute approximate surface area is 164 Å². The maximum absolute atomic E-state index is 14.5. The van der Waals surface area contributed by atoms with Gasteiger partial charge >= 0.3 is 18.3 Å². The van der Waals surface area contributed by atoms with E-state index in [9.17, 15) is 39.9 Å². The second-order valence-corrected chi connectivity index (χ2v) is 6.74. The first-order valence-corrected chi connectivity index (χ1v) is 8.67. The van der Waals surface area contributed by atoms with E-state index in [1.54, 1.807) is 0 Å². The fraction of sp³-hybridized carbons (Fsp3) is 0.444. The molecular weight excluding hydrogens is 428 g/mol. The second kappa shape index (κ2) is 7.55. The number of rotatable bonds is 5. The molecule has 0 amide bonds. The third-order valence-corrected chi connectivity index (χ3v) is 4.48. The molecule has 4 nitrogen and oxygen atoms in total. The molecule has 0 saturated heterocycles. The Bertz CT molecular complexity index is 919. The van der Waals surface area contributed by atoms with E-state index < -0.39 is 73.1 Å². The van der Waals surface area contributed by atoms with Crippen molar-refractivity contribution >= 4 is 5.97 Å². The van der Waals surface area contributed by atoms with Crippen molar-refractivity contribution in [3.63, 3.8) is 0 Å². The summed E-state index contributed by atoms with van der Waals surface area (Å²) in [5.74, 6) is -5.14. The van der Waals surface area contributed by atoms with Crippen LogP contribution < -0.4 is 0 Å². The van der Waals surface area contributed by atoms with Crippen molar-refractivity contribution in [1.82, 2.24) is 9.78 Å². The van der Waals surface area contributed by atoms with Gasteiger partial charge in [-0.05, 0) is 18.6 Å². The van der Waals surface area contributed by atoms with E-state index in [-0.39, 0.29) is 5.56 Å². The number of benzene rings is 1. The molecule has 0 saturated carbocycles. The Kier molecular flexibility index (Phi) is 5.54. The van der Waals surface area contributed by atoms with Gasteiger partial charge in [-0.3, -0.25) is 4.68 Å². The number of ether oxygens (including phenoxy) is 1. The lowest BCUT2D eigenvalue weighted by atomic mass is 10.1. The van der Waals surface area contributed by atoms with Crippen molar-refractivity contribution in [1.29, 1.82) is 0 Å². The zero-order valence-electron chi connectivity index (χ0n) is 15.0. The summed E-state index contributed by atoms with van der Waals surface area (Å²) in [5.41, 5.74) is -3.47. The molecule has 3 rings (SSSR count). The van der Waals surface area contributed by atoms with Crippen molar-refractivity contribution in [3.8, 4) is 0 Å². The number of aromatic nitrogens is 2. The molecular formula is C18H14F8N2O2. The highest BCUT2D eigenvalue weighted by molar-refractivity contribution is 5.89. The van der Waals surface area contributed by atoms with Crippen LogP contribution in [0.25, 0.3) is 0 Å². The van der Waals surface area contributed by atoms with Crippen molar-refractivity contribution in [2.45, 2.75) is 50.2 Å². The number of esters is 1. The van der Waals surface area contributed by atoms with E-state index in [0.29, 0.717) is 4.68 Å². The van der Waals surface area contributed by atoms with Gasteiger partial charge in [0.25, 0.3) is 5.92 Å². The number of hydrogen-bond donors (Lipinski definition) is 0. The first-order valence-electron chi connectivity index (χ1n) is 8.67. The number of hydrogen-bond acceptors (Lipinski definition) is 3. The van der Waals surface area contributed by atoms with E-state index >= 15 is 0 Å². The minimum Gasteiger partial charge on any atom is -0.447 e. The third kappa shape index (κ3) is 4.57. The average molecular weight is 442 g/mol. The van der Waals surface area contributed by atoms with Crippen molar-refractivity contribution in [3.05, 3.63) is 52.8 Å². The highest BCUT2D eigenvalue weighted by Crippen LogP contribution is 2.50. The molecule has 1 aromatic heterocycles. The molecule has 164 valence electrons. The van der Waals surface area contributed by atoms with Crippen LogP contribution in [0.4, 0.5) is 35.1 Å². The Morgan fingerprint density at radius 1 is 1.13 bits per heavy atom. The number of carbonyl (C=O) groups excluding carboxylic acids is 1. The topological polar surface area (TPSA) is 44.1 Å². The summed E-state index contributed by atoms with van der Waals surface area (Å²) in [6, 6.07) is 6.83. The molecule has 1 aliphatic carbocycles. The summed E-state index contributed by atoms with van der Waals surface area (Å²) in [6.45, 7) is -0.645. The predicted molar refractivity (Wildman–Crippen MR) is 85.8 cm³/mol. The summed E-state index contributed by atoms with van der Waals surface area (Å²) < 4.78 is 111. The first kappa shape index (κ1) is 22.0. The Balaban J connectivity index is 1.95. The van der Waals surface area contributed by atoms with E-state index in [2.05, 4.69) is 5.10 Å². The molecule has 0 unspecified atom stereocenters. The fourth-order valence-corrected chi connectivity index (χ4v) is 3.22. The molecule has 0 fully saturated rings. The summed E-state index contributed by atoms with van der Waals surface area (Å²) >= 11 is 0. The lowest BCUT2D eigenvalue weighted by Crippen LogP contribution is -2.29. The molecule has 0 spiro atoms. The van der Waals surface area contributed by atoms with Crippen LogP contribution >= 0.6 is 0 Å². The van der Waals surface area contributed by atoms with Crippen LogP contribution in [0.1, 0.15) is 46.3 Å². The van der Waals surface area contributed by atoms with Gasteiger partial charge in [-0.1, -0.05) is 18.2 Å². The highest BCUT2D eigenvalue weighted by atomic mass is 19.4. The van der Waals surface area contributed by atoms with E-state index in [1.807, 2.05) is 0 Å². The van der Waals surface area contributed by atoms with Crippen LogP contribution in [-0.4, -0.2) is 27.8 Å². The molecule has 0 N–H and O–H groups in total. The lowest BCUT2D eigenvalue weighted by molar-refractivity contribution is -0.147. The van der Waals surface area contributed by atoms with Crippen molar-refractivity contribution < 1.29 is 44.7 Å². The quantitative estimate of drug-likeness (QED) is 0.464. The van der Waals surface area contributed by atoms with Gasteiger partial charge in [0.05, 0.1) is 23.2 Å². The number of fused-ring (bicyclic) bond motifs is 1. The molecule has 1 atom stereocenters. The first-order chi connectivity index (χ1) is 13.8. The second-order valence-electron chi connectivity index (χ2n) is 6.74. The van der Waals surface area contributed by atoms with Gasteiger partial charge in [0.2, 0.25) is 0 Å². The predicted octanol–water partition coefficient (Wildman–Crippen LogP) is 5.33. The van der Waals surface area contributed by atoms with Crippen LogP contribution in [0, 0.1) is 0 Å². The van der Waals surface area contributed by atoms with E-state index in [4.69, 9.17) is 4.74 Å². The number of carbonyl (C=O) groups is 1.